The fourth-order valence-corrected chi connectivity index (χ4v) is 2.07. The summed E-state index contributed by atoms with van der Waals surface area (Å²) >= 11 is 0. The van der Waals surface area contributed by atoms with E-state index >= 15 is 0 Å². The molecule has 5 heteroatoms. The molecule has 1 aliphatic heterocycles. The molecule has 2 rings (SSSR count). The molecule has 1 aliphatic rings. The Morgan fingerprint density at radius 2 is 2.18 bits per heavy atom. The zero-order valence-corrected chi connectivity index (χ0v) is 9.03. The summed E-state index contributed by atoms with van der Waals surface area (Å²) in [7, 11) is 0. The van der Waals surface area contributed by atoms with E-state index in [0.717, 1.165) is 0 Å². The molecule has 17 heavy (non-hydrogen) atoms. The Morgan fingerprint density at radius 3 is 2.82 bits per heavy atom. The Morgan fingerprint density at radius 1 is 1.47 bits per heavy atom. The van der Waals surface area contributed by atoms with Crippen LogP contribution in [0.15, 0.2) is 24.3 Å². The number of para-hydroxylation sites is 1. The van der Waals surface area contributed by atoms with Crippen LogP contribution in [0.3, 0.4) is 0 Å². The number of hydrogen-bond acceptors (Lipinski definition) is 2. The average molecular weight is 242 g/mol. The fourth-order valence-electron chi connectivity index (χ4n) is 2.07. The minimum atomic E-state index is -2.65. The SMILES string of the molecule is O=C(O)C1(CC(F)F)COc2ccccc2C1. The molecule has 1 unspecified atom stereocenters. The molecular formula is C12H12F2O3. The van der Waals surface area contributed by atoms with E-state index in [0.29, 0.717) is 11.3 Å². The molecule has 1 N–H and O–H groups in total. The molecule has 0 saturated heterocycles. The summed E-state index contributed by atoms with van der Waals surface area (Å²) < 4.78 is 30.3. The predicted octanol–water partition coefficient (Wildman–Crippen LogP) is 2.35. The highest BCUT2D eigenvalue weighted by Gasteiger charge is 2.45. The smallest absolute Gasteiger partial charge is 0.313 e. The maximum Gasteiger partial charge on any atom is 0.313 e. The van der Waals surface area contributed by atoms with Gasteiger partial charge in [0.05, 0.1) is 0 Å². The summed E-state index contributed by atoms with van der Waals surface area (Å²) in [6, 6.07) is 6.92. The van der Waals surface area contributed by atoms with Gasteiger partial charge >= 0.3 is 5.97 Å². The Kier molecular flexibility index (Phi) is 3.00. The molecular weight excluding hydrogens is 230 g/mol. The van der Waals surface area contributed by atoms with Crippen LogP contribution in [0.5, 0.6) is 5.75 Å². The Hall–Kier alpha value is -1.65. The van der Waals surface area contributed by atoms with Crippen molar-refractivity contribution in [3.63, 3.8) is 0 Å². The van der Waals surface area contributed by atoms with Gasteiger partial charge in [-0.15, -0.1) is 0 Å². The first-order valence-electron chi connectivity index (χ1n) is 5.26. The van der Waals surface area contributed by atoms with Crippen molar-refractivity contribution in [2.45, 2.75) is 19.3 Å². The van der Waals surface area contributed by atoms with Crippen LogP contribution in [0, 0.1) is 5.41 Å². The van der Waals surface area contributed by atoms with Crippen LogP contribution < -0.4 is 4.74 Å². The molecule has 0 radical (unpaired) electrons. The van der Waals surface area contributed by atoms with Gasteiger partial charge in [0, 0.05) is 6.42 Å². The van der Waals surface area contributed by atoms with Gasteiger partial charge in [0.25, 0.3) is 0 Å². The highest BCUT2D eigenvalue weighted by molar-refractivity contribution is 5.76. The monoisotopic (exact) mass is 242 g/mol. The van der Waals surface area contributed by atoms with Gasteiger partial charge in [0.15, 0.2) is 0 Å². The molecule has 0 amide bonds. The Bertz CT molecular complexity index is 434. The van der Waals surface area contributed by atoms with E-state index < -0.39 is 24.2 Å². The number of halogens is 2. The normalized spacial score (nSPS) is 23.0. The maximum atomic E-state index is 12.5. The zero-order chi connectivity index (χ0) is 12.5. The molecule has 1 heterocycles. The molecule has 1 aromatic rings. The second kappa shape index (κ2) is 4.31. The number of carboxylic acid groups (broad SMARTS) is 1. The van der Waals surface area contributed by atoms with Crippen molar-refractivity contribution < 1.29 is 23.4 Å². The van der Waals surface area contributed by atoms with Gasteiger partial charge in [-0.25, -0.2) is 8.78 Å². The number of carboxylic acids is 1. The summed E-state index contributed by atoms with van der Waals surface area (Å²) in [6.45, 7) is -0.205. The van der Waals surface area contributed by atoms with Crippen molar-refractivity contribution >= 4 is 5.97 Å². The van der Waals surface area contributed by atoms with Crippen LogP contribution in [0.4, 0.5) is 8.78 Å². The molecule has 0 saturated carbocycles. The summed E-state index contributed by atoms with van der Waals surface area (Å²) in [5, 5.41) is 9.15. The highest BCUT2D eigenvalue weighted by atomic mass is 19.3. The molecule has 1 aromatic carbocycles. The van der Waals surface area contributed by atoms with Gasteiger partial charge in [-0.1, -0.05) is 18.2 Å². The fraction of sp³-hybridized carbons (Fsp3) is 0.417. The first-order valence-corrected chi connectivity index (χ1v) is 5.26. The predicted molar refractivity (Wildman–Crippen MR) is 56.3 cm³/mol. The van der Waals surface area contributed by atoms with E-state index in [1.165, 1.54) is 0 Å². The van der Waals surface area contributed by atoms with Crippen LogP contribution in [-0.2, 0) is 11.2 Å². The topological polar surface area (TPSA) is 46.5 Å². The largest absolute Gasteiger partial charge is 0.492 e. The van der Waals surface area contributed by atoms with Crippen LogP contribution in [0.25, 0.3) is 0 Å². The molecule has 0 aliphatic carbocycles. The lowest BCUT2D eigenvalue weighted by Crippen LogP contribution is -2.43. The lowest BCUT2D eigenvalue weighted by Gasteiger charge is -2.34. The number of alkyl halides is 2. The zero-order valence-electron chi connectivity index (χ0n) is 9.03. The number of carbonyl (C=O) groups is 1. The van der Waals surface area contributed by atoms with E-state index in [2.05, 4.69) is 0 Å². The van der Waals surface area contributed by atoms with Crippen LogP contribution in [0.2, 0.25) is 0 Å². The minimum absolute atomic E-state index is 0.0862. The molecule has 0 fully saturated rings. The van der Waals surface area contributed by atoms with Gasteiger partial charge in [0.2, 0.25) is 6.43 Å². The van der Waals surface area contributed by atoms with Crippen molar-refractivity contribution in [1.82, 2.24) is 0 Å². The van der Waals surface area contributed by atoms with Crippen molar-refractivity contribution in [1.29, 1.82) is 0 Å². The van der Waals surface area contributed by atoms with E-state index in [-0.39, 0.29) is 13.0 Å². The average Bonchev–Trinajstić information content (AvgIpc) is 2.27. The van der Waals surface area contributed by atoms with E-state index in [9.17, 15) is 13.6 Å². The molecule has 3 nitrogen and oxygen atoms in total. The van der Waals surface area contributed by atoms with Crippen molar-refractivity contribution in [3.05, 3.63) is 29.8 Å². The third kappa shape index (κ3) is 2.23. The van der Waals surface area contributed by atoms with Crippen molar-refractivity contribution in [2.24, 2.45) is 5.41 Å². The molecule has 92 valence electrons. The van der Waals surface area contributed by atoms with Gasteiger partial charge < -0.3 is 9.84 Å². The van der Waals surface area contributed by atoms with Crippen LogP contribution >= 0.6 is 0 Å². The highest BCUT2D eigenvalue weighted by Crippen LogP contribution is 2.38. The van der Waals surface area contributed by atoms with Gasteiger partial charge in [-0.05, 0) is 18.1 Å². The quantitative estimate of drug-likeness (QED) is 0.884. The van der Waals surface area contributed by atoms with Gasteiger partial charge in [-0.3, -0.25) is 4.79 Å². The Balaban J connectivity index is 2.31. The standard InChI is InChI=1S/C12H12F2O3/c13-10(14)6-12(11(15)16)5-8-3-1-2-4-9(8)17-7-12/h1-4,10H,5-7H2,(H,15,16). The second-order valence-electron chi connectivity index (χ2n) is 4.25. The third-order valence-corrected chi connectivity index (χ3v) is 3.00. The molecule has 0 spiro atoms. The van der Waals surface area contributed by atoms with E-state index in [1.54, 1.807) is 24.3 Å². The Labute approximate surface area is 97.0 Å². The third-order valence-electron chi connectivity index (χ3n) is 3.00. The number of fused-ring (bicyclic) bond motifs is 1. The molecule has 1 atom stereocenters. The summed E-state index contributed by atoms with van der Waals surface area (Å²) in [5.74, 6) is -0.647. The summed E-state index contributed by atoms with van der Waals surface area (Å²) in [5.41, 5.74) is -0.843. The number of ether oxygens (including phenoxy) is 1. The van der Waals surface area contributed by atoms with Crippen LogP contribution in [-0.4, -0.2) is 24.1 Å². The second-order valence-corrected chi connectivity index (χ2v) is 4.25. The summed E-state index contributed by atoms with van der Waals surface area (Å²) in [4.78, 5) is 11.2. The minimum Gasteiger partial charge on any atom is -0.492 e. The molecule has 0 bridgehead atoms. The van der Waals surface area contributed by atoms with E-state index in [4.69, 9.17) is 9.84 Å². The van der Waals surface area contributed by atoms with Crippen molar-refractivity contribution in [2.75, 3.05) is 6.61 Å². The number of aliphatic carboxylic acids is 1. The number of benzene rings is 1. The number of hydrogen-bond donors (Lipinski definition) is 1. The molecule has 0 aromatic heterocycles. The van der Waals surface area contributed by atoms with Crippen molar-refractivity contribution in [3.8, 4) is 5.75 Å². The first kappa shape index (κ1) is 11.8. The maximum absolute atomic E-state index is 12.5. The first-order chi connectivity index (χ1) is 8.03. The lowest BCUT2D eigenvalue weighted by atomic mass is 9.78. The van der Waals surface area contributed by atoms with Gasteiger partial charge in [-0.2, -0.15) is 0 Å². The lowest BCUT2D eigenvalue weighted by molar-refractivity contribution is -0.155. The summed E-state index contributed by atoms with van der Waals surface area (Å²) in [6.07, 6.45) is -3.25. The number of rotatable bonds is 3. The van der Waals surface area contributed by atoms with Gasteiger partial charge in [0.1, 0.15) is 17.8 Å². The van der Waals surface area contributed by atoms with E-state index in [1.807, 2.05) is 0 Å². The van der Waals surface area contributed by atoms with Crippen LogP contribution in [0.1, 0.15) is 12.0 Å².